The summed E-state index contributed by atoms with van der Waals surface area (Å²) in [6, 6.07) is 0. The second kappa shape index (κ2) is 9.17. The molecule has 4 aliphatic rings. The molecule has 0 saturated heterocycles. The molecule has 0 aromatic rings. The Morgan fingerprint density at radius 1 is 0.345 bits per heavy atom. The van der Waals surface area contributed by atoms with Gasteiger partial charge >= 0.3 is 0 Å². The zero-order chi connectivity index (χ0) is 20.3. The first kappa shape index (κ1) is 22.1. The second-order valence-corrected chi connectivity index (χ2v) is 10.7. The van der Waals surface area contributed by atoms with Gasteiger partial charge in [-0.05, 0) is 51.4 Å². The highest BCUT2D eigenvalue weighted by Gasteiger charge is 2.61. The van der Waals surface area contributed by atoms with Gasteiger partial charge in [0.05, 0.1) is 22.4 Å². The predicted octanol–water partition coefficient (Wildman–Crippen LogP) is 7.11. The first-order valence-corrected chi connectivity index (χ1v) is 13.0. The van der Waals surface area contributed by atoms with Gasteiger partial charge in [0.2, 0.25) is 0 Å². The zero-order valence-electron chi connectivity index (χ0n) is 19.4. The molecule has 0 radical (unpaired) electrons. The fourth-order valence-corrected chi connectivity index (χ4v) is 7.86. The number of rotatable bonds is 6. The summed E-state index contributed by atoms with van der Waals surface area (Å²) in [6.07, 6.45) is 25.2. The number of hydrogen-bond donors (Lipinski definition) is 0. The van der Waals surface area contributed by atoms with Crippen LogP contribution in [-0.4, -0.2) is 36.6 Å². The monoisotopic (exact) mass is 406 g/mol. The molecule has 0 aliphatic heterocycles. The highest BCUT2D eigenvalue weighted by Crippen LogP contribution is 2.57. The van der Waals surface area contributed by atoms with E-state index in [1.807, 2.05) is 14.2 Å². The predicted molar refractivity (Wildman–Crippen MR) is 118 cm³/mol. The van der Waals surface area contributed by atoms with Crippen LogP contribution in [0.2, 0.25) is 0 Å². The van der Waals surface area contributed by atoms with Crippen LogP contribution < -0.4 is 0 Å². The maximum atomic E-state index is 7.72. The molecule has 4 rings (SSSR count). The zero-order valence-corrected chi connectivity index (χ0v) is 19.4. The lowest BCUT2D eigenvalue weighted by Gasteiger charge is -2.61. The lowest BCUT2D eigenvalue weighted by molar-refractivity contribution is -0.321. The molecule has 0 spiro atoms. The molecule has 0 atom stereocenters. The Bertz CT molecular complexity index is 458. The lowest BCUT2D eigenvalue weighted by atomic mass is 9.62. The molecule has 3 nitrogen and oxygen atoms in total. The molecule has 0 N–H and O–H groups in total. The molecule has 3 heteroatoms. The molecule has 4 aliphatic carbocycles. The van der Waals surface area contributed by atoms with Gasteiger partial charge in [-0.15, -0.1) is 0 Å². The average molecular weight is 407 g/mol. The van der Waals surface area contributed by atoms with E-state index in [1.54, 1.807) is 0 Å². The minimum absolute atomic E-state index is 0.0836. The Kier molecular flexibility index (Phi) is 6.98. The van der Waals surface area contributed by atoms with Gasteiger partial charge in [0.15, 0.2) is 0 Å². The van der Waals surface area contributed by atoms with Crippen LogP contribution in [0.15, 0.2) is 0 Å². The molecule has 0 bridgehead atoms. The Balaban J connectivity index is 1.73. The SMILES string of the molecule is COC1(C2(OC3(C4(OC)CCCCC4)CCCCC3)CCCCC2)CCCCC1. The van der Waals surface area contributed by atoms with Crippen molar-refractivity contribution in [2.45, 2.75) is 151 Å². The van der Waals surface area contributed by atoms with Gasteiger partial charge in [0.1, 0.15) is 0 Å². The molecule has 168 valence electrons. The van der Waals surface area contributed by atoms with Crippen LogP contribution in [0.5, 0.6) is 0 Å². The fourth-order valence-electron chi connectivity index (χ4n) is 7.86. The van der Waals surface area contributed by atoms with Crippen molar-refractivity contribution in [1.82, 2.24) is 0 Å². The van der Waals surface area contributed by atoms with Crippen LogP contribution >= 0.6 is 0 Å². The van der Waals surface area contributed by atoms with Gasteiger partial charge in [-0.25, -0.2) is 0 Å². The van der Waals surface area contributed by atoms with Gasteiger partial charge in [-0.1, -0.05) is 77.0 Å². The number of ether oxygens (including phenoxy) is 3. The van der Waals surface area contributed by atoms with Crippen molar-refractivity contribution in [2.24, 2.45) is 0 Å². The highest BCUT2D eigenvalue weighted by atomic mass is 16.6. The third kappa shape index (κ3) is 3.82. The van der Waals surface area contributed by atoms with E-state index in [0.717, 1.165) is 0 Å². The van der Waals surface area contributed by atoms with Gasteiger partial charge in [0, 0.05) is 14.2 Å². The van der Waals surface area contributed by atoms with Gasteiger partial charge < -0.3 is 14.2 Å². The largest absolute Gasteiger partial charge is 0.375 e. The molecule has 29 heavy (non-hydrogen) atoms. The summed E-state index contributed by atoms with van der Waals surface area (Å²) in [5, 5.41) is 0. The standard InChI is InChI=1S/C26H46O3/c1-27-23(15-7-3-8-16-23)25(19-11-5-12-20-25)29-26(21-13-6-14-22-26)24(28-2)17-9-4-10-18-24/h3-22H2,1-2H3. The number of methoxy groups -OCH3 is 2. The third-order valence-corrected chi connectivity index (χ3v) is 9.48. The Labute approximate surface area is 179 Å². The fraction of sp³-hybridized carbons (Fsp3) is 1.00. The quantitative estimate of drug-likeness (QED) is 0.470. The second-order valence-electron chi connectivity index (χ2n) is 10.7. The van der Waals surface area contributed by atoms with E-state index in [1.165, 1.54) is 128 Å². The molecule has 0 amide bonds. The van der Waals surface area contributed by atoms with Crippen molar-refractivity contribution >= 4 is 0 Å². The van der Waals surface area contributed by atoms with E-state index in [9.17, 15) is 0 Å². The highest BCUT2D eigenvalue weighted by molar-refractivity contribution is 5.12. The Hall–Kier alpha value is -0.120. The van der Waals surface area contributed by atoms with Crippen LogP contribution in [0.4, 0.5) is 0 Å². The molecule has 4 saturated carbocycles. The van der Waals surface area contributed by atoms with E-state index in [0.29, 0.717) is 0 Å². The molecule has 0 aromatic heterocycles. The van der Waals surface area contributed by atoms with E-state index in [-0.39, 0.29) is 22.4 Å². The van der Waals surface area contributed by atoms with Crippen molar-refractivity contribution in [2.75, 3.05) is 14.2 Å². The summed E-state index contributed by atoms with van der Waals surface area (Å²) >= 11 is 0. The minimum Gasteiger partial charge on any atom is -0.375 e. The van der Waals surface area contributed by atoms with Crippen molar-refractivity contribution in [3.8, 4) is 0 Å². The summed E-state index contributed by atoms with van der Waals surface area (Å²) in [7, 11) is 3.95. The molecule has 0 aromatic carbocycles. The maximum Gasteiger partial charge on any atom is 0.0979 e. The van der Waals surface area contributed by atoms with Crippen molar-refractivity contribution < 1.29 is 14.2 Å². The number of hydrogen-bond acceptors (Lipinski definition) is 3. The summed E-state index contributed by atoms with van der Waals surface area (Å²) in [5.74, 6) is 0. The minimum atomic E-state index is -0.110. The van der Waals surface area contributed by atoms with Crippen molar-refractivity contribution in [3.05, 3.63) is 0 Å². The van der Waals surface area contributed by atoms with E-state index >= 15 is 0 Å². The summed E-state index contributed by atoms with van der Waals surface area (Å²) in [5.41, 5.74) is -0.388. The van der Waals surface area contributed by atoms with Crippen LogP contribution in [0, 0.1) is 0 Å². The normalized spacial score (nSPS) is 31.2. The smallest absolute Gasteiger partial charge is 0.0979 e. The Morgan fingerprint density at radius 3 is 0.828 bits per heavy atom. The van der Waals surface area contributed by atoms with Crippen molar-refractivity contribution in [1.29, 1.82) is 0 Å². The molecular formula is C26H46O3. The Morgan fingerprint density at radius 2 is 0.586 bits per heavy atom. The summed E-state index contributed by atoms with van der Waals surface area (Å²) in [6.45, 7) is 0. The van der Waals surface area contributed by atoms with Crippen LogP contribution in [0.3, 0.4) is 0 Å². The first-order chi connectivity index (χ1) is 14.2. The first-order valence-electron chi connectivity index (χ1n) is 13.0. The summed E-state index contributed by atoms with van der Waals surface area (Å²) < 4.78 is 20.7. The van der Waals surface area contributed by atoms with Crippen molar-refractivity contribution in [3.63, 3.8) is 0 Å². The molecular weight excluding hydrogens is 360 g/mol. The molecule has 0 unspecified atom stereocenters. The van der Waals surface area contributed by atoms with E-state index in [4.69, 9.17) is 14.2 Å². The topological polar surface area (TPSA) is 27.7 Å². The lowest BCUT2D eigenvalue weighted by Crippen LogP contribution is -2.68. The molecule has 4 fully saturated rings. The average Bonchev–Trinajstić information content (AvgIpc) is 2.81. The van der Waals surface area contributed by atoms with Gasteiger partial charge in [-0.3, -0.25) is 0 Å². The van der Waals surface area contributed by atoms with Crippen LogP contribution in [-0.2, 0) is 14.2 Å². The van der Waals surface area contributed by atoms with E-state index in [2.05, 4.69) is 0 Å². The maximum absolute atomic E-state index is 7.72. The van der Waals surface area contributed by atoms with E-state index < -0.39 is 0 Å². The summed E-state index contributed by atoms with van der Waals surface area (Å²) in [4.78, 5) is 0. The molecule has 0 heterocycles. The van der Waals surface area contributed by atoms with Gasteiger partial charge in [0.25, 0.3) is 0 Å². The third-order valence-electron chi connectivity index (χ3n) is 9.48. The van der Waals surface area contributed by atoms with Gasteiger partial charge in [-0.2, -0.15) is 0 Å². The van der Waals surface area contributed by atoms with Crippen LogP contribution in [0.25, 0.3) is 0 Å². The van der Waals surface area contributed by atoms with Crippen LogP contribution in [0.1, 0.15) is 128 Å².